The molecule has 2 atom stereocenters. The molecule has 1 fully saturated rings. The highest BCUT2D eigenvalue weighted by atomic mass is 127. The van der Waals surface area contributed by atoms with Gasteiger partial charge in [-0.1, -0.05) is 30.3 Å². The average Bonchev–Trinajstić information content (AvgIpc) is 3.10. The van der Waals surface area contributed by atoms with Crippen molar-refractivity contribution in [2.45, 2.75) is 38.5 Å². The van der Waals surface area contributed by atoms with Crippen LogP contribution in [0.5, 0.6) is 11.5 Å². The zero-order chi connectivity index (χ0) is 20.6. The molecule has 164 valence electrons. The summed E-state index contributed by atoms with van der Waals surface area (Å²) < 4.78 is 10.8. The van der Waals surface area contributed by atoms with Crippen molar-refractivity contribution >= 4 is 29.9 Å². The number of ether oxygens (including phenoxy) is 2. The molecule has 1 heterocycles. The Bertz CT molecular complexity index is 816. The minimum absolute atomic E-state index is 0. The Hall–Kier alpha value is -2.00. The number of nitrogens with one attached hydrogen (secondary N) is 2. The van der Waals surface area contributed by atoms with Gasteiger partial charge < -0.3 is 20.1 Å². The van der Waals surface area contributed by atoms with Gasteiger partial charge >= 0.3 is 0 Å². The molecule has 0 saturated carbocycles. The van der Waals surface area contributed by atoms with Crippen LogP contribution in [0.15, 0.2) is 53.5 Å². The van der Waals surface area contributed by atoms with Crippen LogP contribution in [0.3, 0.4) is 0 Å². The lowest BCUT2D eigenvalue weighted by atomic mass is 10.2. The topological polar surface area (TPSA) is 58.1 Å². The molecule has 0 bridgehead atoms. The highest BCUT2D eigenvalue weighted by molar-refractivity contribution is 14.0. The van der Waals surface area contributed by atoms with E-state index in [2.05, 4.69) is 57.8 Å². The first kappa shape index (κ1) is 24.3. The molecule has 1 saturated heterocycles. The minimum Gasteiger partial charge on any atom is -0.497 e. The Morgan fingerprint density at radius 2 is 1.90 bits per heavy atom. The summed E-state index contributed by atoms with van der Waals surface area (Å²) in [5.41, 5.74) is 2.41. The summed E-state index contributed by atoms with van der Waals surface area (Å²) in [4.78, 5) is 6.92. The number of hydrogen-bond donors (Lipinski definition) is 2. The molecule has 0 spiro atoms. The Balaban J connectivity index is 0.00000320. The number of halogens is 1. The van der Waals surface area contributed by atoms with E-state index >= 15 is 0 Å². The van der Waals surface area contributed by atoms with Gasteiger partial charge in [-0.25, -0.2) is 0 Å². The fourth-order valence-corrected chi connectivity index (χ4v) is 3.81. The molecule has 0 aromatic heterocycles. The maximum Gasteiger partial charge on any atom is 0.191 e. The maximum absolute atomic E-state index is 5.48. The Kier molecular flexibility index (Phi) is 9.71. The normalized spacial score (nSPS) is 19.1. The fraction of sp³-hybridized carbons (Fsp3) is 0.435. The van der Waals surface area contributed by atoms with E-state index in [1.165, 1.54) is 5.56 Å². The highest BCUT2D eigenvalue weighted by Gasteiger charge is 2.29. The summed E-state index contributed by atoms with van der Waals surface area (Å²) in [6.07, 6.45) is 1.10. The molecule has 6 nitrogen and oxygen atoms in total. The van der Waals surface area contributed by atoms with Crippen LogP contribution in [0.25, 0.3) is 0 Å². The number of likely N-dealkylation sites (tertiary alicyclic amines) is 1. The van der Waals surface area contributed by atoms with E-state index in [9.17, 15) is 0 Å². The molecule has 30 heavy (non-hydrogen) atoms. The van der Waals surface area contributed by atoms with Crippen molar-refractivity contribution in [1.82, 2.24) is 15.5 Å². The summed E-state index contributed by atoms with van der Waals surface area (Å²) in [6.45, 7) is 4.91. The molecule has 1 aliphatic rings. The molecule has 2 aromatic rings. The predicted molar refractivity (Wildman–Crippen MR) is 133 cm³/mol. The van der Waals surface area contributed by atoms with E-state index in [1.807, 2.05) is 18.2 Å². The van der Waals surface area contributed by atoms with Gasteiger partial charge in [0.15, 0.2) is 5.96 Å². The van der Waals surface area contributed by atoms with Crippen molar-refractivity contribution in [3.05, 3.63) is 59.7 Å². The van der Waals surface area contributed by atoms with Crippen molar-refractivity contribution in [2.24, 2.45) is 4.99 Å². The number of nitrogens with zero attached hydrogens (tertiary/aromatic N) is 2. The first-order valence-electron chi connectivity index (χ1n) is 10.1. The summed E-state index contributed by atoms with van der Waals surface area (Å²) >= 11 is 0. The lowest BCUT2D eigenvalue weighted by Crippen LogP contribution is -2.44. The van der Waals surface area contributed by atoms with E-state index in [-0.39, 0.29) is 24.0 Å². The molecule has 2 N–H and O–H groups in total. The third-order valence-corrected chi connectivity index (χ3v) is 5.44. The van der Waals surface area contributed by atoms with Crippen molar-refractivity contribution in [3.63, 3.8) is 0 Å². The zero-order valence-corrected chi connectivity index (χ0v) is 20.6. The van der Waals surface area contributed by atoms with Crippen LogP contribution in [0.2, 0.25) is 0 Å². The van der Waals surface area contributed by atoms with Crippen LogP contribution in [0, 0.1) is 0 Å². The van der Waals surface area contributed by atoms with Gasteiger partial charge in [-0.3, -0.25) is 9.89 Å². The molecule has 0 amide bonds. The lowest BCUT2D eigenvalue weighted by molar-refractivity contribution is 0.258. The summed E-state index contributed by atoms with van der Waals surface area (Å²) in [7, 11) is 5.13. The third kappa shape index (κ3) is 6.50. The monoisotopic (exact) mass is 524 g/mol. The van der Waals surface area contributed by atoms with Crippen LogP contribution in [0.1, 0.15) is 24.5 Å². The minimum atomic E-state index is 0. The third-order valence-electron chi connectivity index (χ3n) is 5.44. The van der Waals surface area contributed by atoms with E-state index in [0.717, 1.165) is 42.5 Å². The van der Waals surface area contributed by atoms with E-state index in [0.29, 0.717) is 18.6 Å². The van der Waals surface area contributed by atoms with Crippen molar-refractivity contribution < 1.29 is 9.47 Å². The van der Waals surface area contributed by atoms with Crippen molar-refractivity contribution in [3.8, 4) is 11.5 Å². The number of rotatable bonds is 7. The van der Waals surface area contributed by atoms with Gasteiger partial charge in [-0.15, -0.1) is 24.0 Å². The second-order valence-corrected chi connectivity index (χ2v) is 7.44. The molecule has 2 aromatic carbocycles. The van der Waals surface area contributed by atoms with E-state index < -0.39 is 0 Å². The second-order valence-electron chi connectivity index (χ2n) is 7.44. The molecular weight excluding hydrogens is 491 g/mol. The quantitative estimate of drug-likeness (QED) is 0.329. The van der Waals surface area contributed by atoms with Crippen molar-refractivity contribution in [2.75, 3.05) is 27.8 Å². The number of aliphatic imine (C=N–C) groups is 1. The number of methoxy groups -OCH3 is 2. The van der Waals surface area contributed by atoms with Gasteiger partial charge in [0.05, 0.1) is 14.2 Å². The predicted octanol–water partition coefficient (Wildman–Crippen LogP) is 3.65. The SMILES string of the molecule is CN=C(NCc1ccc(OC)cc1OC)NC1CC(C)N(Cc2ccccc2)C1.I. The molecular formula is C23H33IN4O2. The van der Waals surface area contributed by atoms with Crippen LogP contribution in [-0.4, -0.2) is 50.8 Å². The van der Waals surface area contributed by atoms with Gasteiger partial charge in [0.25, 0.3) is 0 Å². The first-order chi connectivity index (χ1) is 14.1. The lowest BCUT2D eigenvalue weighted by Gasteiger charge is -2.21. The molecule has 7 heteroatoms. The number of benzene rings is 2. The highest BCUT2D eigenvalue weighted by Crippen LogP contribution is 2.24. The van der Waals surface area contributed by atoms with Gasteiger partial charge in [0.2, 0.25) is 0 Å². The average molecular weight is 524 g/mol. The largest absolute Gasteiger partial charge is 0.497 e. The van der Waals surface area contributed by atoms with Gasteiger partial charge in [0.1, 0.15) is 11.5 Å². The molecule has 3 rings (SSSR count). The Morgan fingerprint density at radius 3 is 2.57 bits per heavy atom. The van der Waals surface area contributed by atoms with Crippen LogP contribution >= 0.6 is 24.0 Å². The van der Waals surface area contributed by atoms with E-state index in [1.54, 1.807) is 21.3 Å². The second kappa shape index (κ2) is 12.0. The Labute approximate surface area is 197 Å². The van der Waals surface area contributed by atoms with Crippen LogP contribution < -0.4 is 20.1 Å². The molecule has 1 aliphatic heterocycles. The van der Waals surface area contributed by atoms with Gasteiger partial charge in [0, 0.05) is 50.4 Å². The summed E-state index contributed by atoms with van der Waals surface area (Å²) in [5, 5.41) is 6.98. The molecule has 0 aliphatic carbocycles. The van der Waals surface area contributed by atoms with Gasteiger partial charge in [-0.2, -0.15) is 0 Å². The zero-order valence-electron chi connectivity index (χ0n) is 18.2. The number of hydrogen-bond acceptors (Lipinski definition) is 4. The smallest absolute Gasteiger partial charge is 0.191 e. The van der Waals surface area contributed by atoms with Crippen molar-refractivity contribution in [1.29, 1.82) is 0 Å². The molecule has 0 radical (unpaired) electrons. The summed E-state index contributed by atoms with van der Waals surface area (Å²) in [5.74, 6) is 2.39. The standard InChI is InChI=1S/C23H32N4O2.HI/c1-17-12-20(16-27(17)15-18-8-6-5-7-9-18)26-23(24-2)25-14-19-10-11-21(28-3)13-22(19)29-4;/h5-11,13,17,20H,12,14-16H2,1-4H3,(H2,24,25,26);1H. The Morgan fingerprint density at radius 1 is 1.13 bits per heavy atom. The van der Waals surface area contributed by atoms with Gasteiger partial charge in [-0.05, 0) is 31.0 Å². The molecule has 2 unspecified atom stereocenters. The number of guanidine groups is 1. The summed E-state index contributed by atoms with van der Waals surface area (Å²) in [6, 6.07) is 17.4. The maximum atomic E-state index is 5.48. The first-order valence-corrected chi connectivity index (χ1v) is 10.1. The fourth-order valence-electron chi connectivity index (χ4n) is 3.81. The van der Waals surface area contributed by atoms with E-state index in [4.69, 9.17) is 9.47 Å². The van der Waals surface area contributed by atoms with Crippen LogP contribution in [0.4, 0.5) is 0 Å². The van der Waals surface area contributed by atoms with Crippen LogP contribution in [-0.2, 0) is 13.1 Å².